The summed E-state index contributed by atoms with van der Waals surface area (Å²) in [4.78, 5) is 0. The summed E-state index contributed by atoms with van der Waals surface area (Å²) in [6, 6.07) is 24.7. The zero-order chi connectivity index (χ0) is 22.0. The first-order valence-electron chi connectivity index (χ1n) is 10.5. The third kappa shape index (κ3) is 3.48. The van der Waals surface area contributed by atoms with Gasteiger partial charge in [-0.15, -0.1) is 0 Å². The molecule has 1 aliphatic rings. The van der Waals surface area contributed by atoms with Gasteiger partial charge >= 0.3 is 5.25 Å². The zero-order valence-electron chi connectivity index (χ0n) is 17.1. The van der Waals surface area contributed by atoms with Crippen molar-refractivity contribution >= 4 is 10.0 Å². The molecule has 1 heterocycles. The molecule has 0 bridgehead atoms. The van der Waals surface area contributed by atoms with E-state index in [0.717, 1.165) is 10.7 Å². The van der Waals surface area contributed by atoms with Crippen LogP contribution in [0.2, 0.25) is 0 Å². The monoisotopic (exact) mass is 441 g/mol. The molecule has 0 aromatic heterocycles. The van der Waals surface area contributed by atoms with Crippen molar-refractivity contribution in [3.05, 3.63) is 108 Å². The van der Waals surface area contributed by atoms with Crippen LogP contribution in [0.4, 0.5) is 8.78 Å². The minimum Gasteiger partial charge on any atom is -0.206 e. The fraction of sp³-hybridized carbons (Fsp3) is 0.280. The van der Waals surface area contributed by atoms with Gasteiger partial charge in [0.15, 0.2) is 0 Å². The lowest BCUT2D eigenvalue weighted by atomic mass is 9.69. The van der Waals surface area contributed by atoms with Gasteiger partial charge in [0.05, 0.1) is 0 Å². The predicted octanol–water partition coefficient (Wildman–Crippen LogP) is 5.43. The van der Waals surface area contributed by atoms with Gasteiger partial charge in [-0.25, -0.2) is 8.42 Å². The molecule has 3 aromatic carbocycles. The Labute approximate surface area is 182 Å². The van der Waals surface area contributed by atoms with Gasteiger partial charge in [0.2, 0.25) is 0 Å². The third-order valence-electron chi connectivity index (χ3n) is 6.04. The number of hydrogen-bond acceptors (Lipinski definition) is 2. The van der Waals surface area contributed by atoms with Crippen molar-refractivity contribution in [2.24, 2.45) is 0 Å². The van der Waals surface area contributed by atoms with Gasteiger partial charge in [-0.05, 0) is 29.5 Å². The first kappa shape index (κ1) is 21.7. The van der Waals surface area contributed by atoms with Crippen molar-refractivity contribution in [3.8, 4) is 0 Å². The van der Waals surface area contributed by atoms with E-state index in [1.54, 1.807) is 91.0 Å². The van der Waals surface area contributed by atoms with E-state index in [1.807, 2.05) is 0 Å². The highest BCUT2D eigenvalue weighted by Gasteiger charge is 2.66. The maximum absolute atomic E-state index is 16.7. The third-order valence-corrected chi connectivity index (χ3v) is 8.04. The Balaban J connectivity index is 2.07. The molecule has 1 saturated heterocycles. The quantitative estimate of drug-likeness (QED) is 0.479. The summed E-state index contributed by atoms with van der Waals surface area (Å²) in [6.07, 6.45) is 2.02. The molecule has 1 fully saturated rings. The molecule has 0 radical (unpaired) electrons. The topological polar surface area (TPSA) is 37.4 Å². The van der Waals surface area contributed by atoms with E-state index in [2.05, 4.69) is 0 Å². The molecule has 0 unspecified atom stereocenters. The smallest absolute Gasteiger partial charge is 0.206 e. The number of hydrogen-bond donors (Lipinski definition) is 0. The zero-order valence-corrected chi connectivity index (χ0v) is 17.9. The van der Waals surface area contributed by atoms with E-state index in [4.69, 9.17) is 0 Å². The summed E-state index contributed by atoms with van der Waals surface area (Å²) in [5.41, 5.74) is -1.50. The summed E-state index contributed by atoms with van der Waals surface area (Å²) in [5, 5.41) is -4.12. The van der Waals surface area contributed by atoms with Crippen LogP contribution in [0.3, 0.4) is 0 Å². The highest BCUT2D eigenvalue weighted by Crippen LogP contribution is 2.53. The molecule has 1 aliphatic heterocycles. The van der Waals surface area contributed by atoms with E-state index in [-0.39, 0.29) is 29.8 Å². The normalized spacial score (nSPS) is 16.2. The molecular formula is C25H25F2NO2S. The SMILES string of the molecule is O=S(=O)(N1CCCCC1)C(F)(F)C(c1ccccc1)(c1ccccc1)c1ccccc1. The minimum atomic E-state index is -4.96. The first-order valence-corrected chi connectivity index (χ1v) is 11.9. The van der Waals surface area contributed by atoms with Crippen LogP contribution in [0.25, 0.3) is 0 Å². The predicted molar refractivity (Wildman–Crippen MR) is 118 cm³/mol. The molecule has 6 heteroatoms. The lowest BCUT2D eigenvalue weighted by molar-refractivity contribution is 0.0308. The number of benzene rings is 3. The van der Waals surface area contributed by atoms with Gasteiger partial charge in [-0.2, -0.15) is 13.1 Å². The largest absolute Gasteiger partial charge is 0.376 e. The van der Waals surface area contributed by atoms with Crippen LogP contribution < -0.4 is 0 Å². The van der Waals surface area contributed by atoms with Crippen molar-refractivity contribution in [3.63, 3.8) is 0 Å². The number of alkyl halides is 2. The Morgan fingerprint density at radius 2 is 0.968 bits per heavy atom. The fourth-order valence-corrected chi connectivity index (χ4v) is 6.33. The van der Waals surface area contributed by atoms with E-state index in [9.17, 15) is 8.42 Å². The van der Waals surface area contributed by atoms with E-state index >= 15 is 8.78 Å². The summed E-state index contributed by atoms with van der Waals surface area (Å²) in [5.74, 6) is 0. The van der Waals surface area contributed by atoms with Gasteiger partial charge in [0.1, 0.15) is 5.41 Å². The fourth-order valence-electron chi connectivity index (χ4n) is 4.53. The van der Waals surface area contributed by atoms with Crippen molar-refractivity contribution < 1.29 is 17.2 Å². The molecule has 31 heavy (non-hydrogen) atoms. The molecule has 4 rings (SSSR count). The average Bonchev–Trinajstić information content (AvgIpc) is 2.82. The first-order chi connectivity index (χ1) is 14.9. The highest BCUT2D eigenvalue weighted by molar-refractivity contribution is 7.90. The molecule has 0 amide bonds. The second kappa shape index (κ2) is 8.52. The lowest BCUT2D eigenvalue weighted by Crippen LogP contribution is -2.57. The molecule has 0 N–H and O–H groups in total. The molecule has 0 aliphatic carbocycles. The van der Waals surface area contributed by atoms with Crippen LogP contribution in [-0.2, 0) is 15.4 Å². The van der Waals surface area contributed by atoms with Gasteiger partial charge in [0.25, 0.3) is 10.0 Å². The van der Waals surface area contributed by atoms with E-state index in [1.165, 1.54) is 0 Å². The van der Waals surface area contributed by atoms with Crippen LogP contribution >= 0.6 is 0 Å². The molecule has 3 aromatic rings. The Morgan fingerprint density at radius 3 is 1.32 bits per heavy atom. The molecule has 162 valence electrons. The van der Waals surface area contributed by atoms with Gasteiger partial charge in [0, 0.05) is 13.1 Å². The maximum Gasteiger partial charge on any atom is 0.376 e. The van der Waals surface area contributed by atoms with Gasteiger partial charge < -0.3 is 0 Å². The summed E-state index contributed by atoms with van der Waals surface area (Å²) < 4.78 is 61.5. The molecule has 0 atom stereocenters. The number of piperidine rings is 1. The van der Waals surface area contributed by atoms with E-state index < -0.39 is 20.7 Å². The van der Waals surface area contributed by atoms with Crippen molar-refractivity contribution in [1.29, 1.82) is 0 Å². The van der Waals surface area contributed by atoms with Gasteiger partial charge in [-0.3, -0.25) is 0 Å². The van der Waals surface area contributed by atoms with Crippen molar-refractivity contribution in [1.82, 2.24) is 4.31 Å². The standard InChI is InChI=1S/C25H25F2NO2S/c26-25(27,31(29,30)28-19-11-4-12-20-28)24(21-13-5-1-6-14-21,22-15-7-2-8-16-22)23-17-9-3-10-18-23/h1-3,5-10,13-18H,4,11-12,19-20H2. The summed E-state index contributed by atoms with van der Waals surface area (Å²) in [7, 11) is -4.96. The van der Waals surface area contributed by atoms with Crippen molar-refractivity contribution in [2.45, 2.75) is 29.9 Å². The molecular weight excluding hydrogens is 416 g/mol. The van der Waals surface area contributed by atoms with Crippen LogP contribution in [0.5, 0.6) is 0 Å². The maximum atomic E-state index is 16.7. The van der Waals surface area contributed by atoms with Gasteiger partial charge in [-0.1, -0.05) is 97.4 Å². The second-order valence-electron chi connectivity index (χ2n) is 7.83. The average molecular weight is 442 g/mol. The van der Waals surface area contributed by atoms with E-state index in [0.29, 0.717) is 12.8 Å². The van der Waals surface area contributed by atoms with Crippen LogP contribution in [0.15, 0.2) is 91.0 Å². The number of nitrogens with zero attached hydrogens (tertiary/aromatic N) is 1. The number of sulfonamides is 1. The van der Waals surface area contributed by atoms with Crippen molar-refractivity contribution in [2.75, 3.05) is 13.1 Å². The second-order valence-corrected chi connectivity index (χ2v) is 9.81. The highest BCUT2D eigenvalue weighted by atomic mass is 32.2. The molecule has 3 nitrogen and oxygen atoms in total. The summed E-state index contributed by atoms with van der Waals surface area (Å²) in [6.45, 7) is 0.235. The summed E-state index contributed by atoms with van der Waals surface area (Å²) >= 11 is 0. The van der Waals surface area contributed by atoms with Crippen LogP contribution in [0, 0.1) is 0 Å². The lowest BCUT2D eigenvalue weighted by Gasteiger charge is -2.43. The van der Waals surface area contributed by atoms with Crippen LogP contribution in [0.1, 0.15) is 36.0 Å². The molecule has 0 saturated carbocycles. The Kier molecular flexibility index (Phi) is 5.95. The Morgan fingerprint density at radius 1 is 0.613 bits per heavy atom. The van der Waals surface area contributed by atoms with Crippen LogP contribution in [-0.4, -0.2) is 31.1 Å². The number of halogens is 2. The number of rotatable bonds is 6. The Bertz CT molecular complexity index is 1000. The Hall–Kier alpha value is -2.57. The minimum absolute atomic E-state index is 0.117. The molecule has 0 spiro atoms.